The maximum absolute atomic E-state index is 14.5. The molecule has 3 aromatic rings. The number of aromatic nitrogens is 2. The number of aromatic amines is 1. The van der Waals surface area contributed by atoms with Gasteiger partial charge in [-0.1, -0.05) is 26.0 Å². The van der Waals surface area contributed by atoms with E-state index >= 15 is 0 Å². The molecule has 0 amide bonds. The third-order valence-corrected chi connectivity index (χ3v) is 9.46. The highest BCUT2D eigenvalue weighted by atomic mass is 32.2. The summed E-state index contributed by atoms with van der Waals surface area (Å²) in [6.45, 7) is 5.54. The molecule has 1 unspecified atom stereocenters. The zero-order chi connectivity index (χ0) is 28.2. The van der Waals surface area contributed by atoms with E-state index in [9.17, 15) is 39.5 Å². The Balaban J connectivity index is 2.06. The Hall–Kier alpha value is -2.51. The van der Waals surface area contributed by atoms with Crippen LogP contribution < -0.4 is 0 Å². The van der Waals surface area contributed by atoms with Crippen LogP contribution in [0, 0.1) is 5.82 Å². The van der Waals surface area contributed by atoms with Gasteiger partial charge >= 0.3 is 6.18 Å². The second-order valence-corrected chi connectivity index (χ2v) is 14.6. The van der Waals surface area contributed by atoms with Gasteiger partial charge in [-0.3, -0.25) is 0 Å². The number of nitrogens with zero attached hydrogens (tertiary/aromatic N) is 1. The van der Waals surface area contributed by atoms with E-state index in [1.807, 2.05) is 0 Å². The van der Waals surface area contributed by atoms with Crippen LogP contribution in [0.5, 0.6) is 0 Å². The van der Waals surface area contributed by atoms with Crippen molar-refractivity contribution >= 4 is 30.6 Å². The molecule has 0 spiro atoms. The first-order valence-corrected chi connectivity index (χ1v) is 14.6. The number of hydrogen-bond donors (Lipinski definition) is 2. The van der Waals surface area contributed by atoms with Crippen molar-refractivity contribution in [1.29, 1.82) is 0 Å². The Labute approximate surface area is 212 Å². The smallest absolute Gasteiger partial charge is 0.380 e. The third kappa shape index (κ3) is 5.68. The van der Waals surface area contributed by atoms with E-state index in [-0.39, 0.29) is 27.2 Å². The lowest BCUT2D eigenvalue weighted by Crippen LogP contribution is -2.51. The molecule has 13 heteroatoms. The van der Waals surface area contributed by atoms with Gasteiger partial charge in [-0.2, -0.15) is 13.2 Å². The number of alkyl halides is 3. The minimum Gasteiger partial charge on any atom is -0.380 e. The summed E-state index contributed by atoms with van der Waals surface area (Å²) in [5, 5.41) is 10.2. The van der Waals surface area contributed by atoms with Crippen molar-refractivity contribution in [3.63, 3.8) is 0 Å². The predicted molar refractivity (Wildman–Crippen MR) is 130 cm³/mol. The van der Waals surface area contributed by atoms with Crippen molar-refractivity contribution in [2.24, 2.45) is 0 Å². The second-order valence-electron chi connectivity index (χ2n) is 10.2. The third-order valence-electron chi connectivity index (χ3n) is 6.26. The first kappa shape index (κ1) is 29.1. The Morgan fingerprint density at radius 1 is 1.08 bits per heavy atom. The average Bonchev–Trinajstić information content (AvgIpc) is 3.12. The minimum absolute atomic E-state index is 0.0471. The van der Waals surface area contributed by atoms with E-state index in [1.165, 1.54) is 58.2 Å². The number of halogens is 4. The molecule has 0 bridgehead atoms. The summed E-state index contributed by atoms with van der Waals surface area (Å²) in [6.07, 6.45) is -5.14. The van der Waals surface area contributed by atoms with E-state index in [4.69, 9.17) is 0 Å². The maximum Gasteiger partial charge on any atom is 0.417 e. The second kappa shape index (κ2) is 9.35. The van der Waals surface area contributed by atoms with Crippen LogP contribution in [0.25, 0.3) is 10.9 Å². The molecule has 0 saturated heterocycles. The molecule has 0 fully saturated rings. The van der Waals surface area contributed by atoms with E-state index in [0.29, 0.717) is 0 Å². The van der Waals surface area contributed by atoms with Gasteiger partial charge < -0.3 is 10.1 Å². The molecule has 2 N–H and O–H groups in total. The van der Waals surface area contributed by atoms with Crippen molar-refractivity contribution in [2.45, 2.75) is 72.9 Å². The maximum atomic E-state index is 14.5. The number of aliphatic hydroxyl groups is 1. The Bertz CT molecular complexity index is 1540. The quantitative estimate of drug-likeness (QED) is 0.390. The lowest BCUT2D eigenvalue weighted by Gasteiger charge is -2.38. The summed E-state index contributed by atoms with van der Waals surface area (Å²) in [6, 6.07) is 5.86. The molecule has 0 saturated carbocycles. The van der Waals surface area contributed by atoms with Gasteiger partial charge in [0.05, 0.1) is 17.0 Å². The molecule has 1 atom stereocenters. The summed E-state index contributed by atoms with van der Waals surface area (Å²) in [4.78, 5) is 5.91. The van der Waals surface area contributed by atoms with Crippen LogP contribution >= 0.6 is 0 Å². The highest BCUT2D eigenvalue weighted by molar-refractivity contribution is 7.92. The standard InChI is InChI=1S/C24H28F4N2O5S2/c1-14(2)37(34,35)20-10-15-9-16(30-19(15)12-29-20)11-23(31,24(26,27)28)13-22(3,4)17-7-6-8-18(25)21(17)36(5,32)33/h6-10,12,14,30-31H,11,13H2,1-5H3. The Morgan fingerprint density at radius 3 is 2.24 bits per heavy atom. The van der Waals surface area contributed by atoms with Gasteiger partial charge in [0.25, 0.3) is 0 Å². The van der Waals surface area contributed by atoms with Gasteiger partial charge in [-0.05, 0) is 49.4 Å². The molecular weight excluding hydrogens is 536 g/mol. The fourth-order valence-corrected chi connectivity index (χ4v) is 6.53. The van der Waals surface area contributed by atoms with Crippen LogP contribution in [-0.4, -0.2) is 55.2 Å². The molecule has 2 heterocycles. The van der Waals surface area contributed by atoms with E-state index in [0.717, 1.165) is 12.3 Å². The predicted octanol–water partition coefficient (Wildman–Crippen LogP) is 4.49. The number of nitrogens with one attached hydrogen (secondary N) is 1. The first-order valence-electron chi connectivity index (χ1n) is 11.2. The van der Waals surface area contributed by atoms with Crippen LogP contribution in [0.2, 0.25) is 0 Å². The number of sulfone groups is 2. The zero-order valence-electron chi connectivity index (χ0n) is 20.8. The molecule has 7 nitrogen and oxygen atoms in total. The largest absolute Gasteiger partial charge is 0.417 e. The molecule has 0 aliphatic rings. The fraction of sp³-hybridized carbons (Fsp3) is 0.458. The van der Waals surface area contributed by atoms with Gasteiger partial charge in [0, 0.05) is 23.8 Å². The Kier molecular flexibility index (Phi) is 7.34. The monoisotopic (exact) mass is 564 g/mol. The van der Waals surface area contributed by atoms with Gasteiger partial charge in [0.2, 0.25) is 0 Å². The highest BCUT2D eigenvalue weighted by Gasteiger charge is 2.56. The summed E-state index contributed by atoms with van der Waals surface area (Å²) in [7, 11) is -7.86. The van der Waals surface area contributed by atoms with Crippen molar-refractivity contribution in [2.75, 3.05) is 6.26 Å². The van der Waals surface area contributed by atoms with Crippen LogP contribution in [0.4, 0.5) is 17.6 Å². The lowest BCUT2D eigenvalue weighted by molar-refractivity contribution is -0.266. The van der Waals surface area contributed by atoms with Crippen LogP contribution in [0.15, 0.2) is 46.5 Å². The molecule has 0 aliphatic carbocycles. The molecule has 204 valence electrons. The summed E-state index contributed by atoms with van der Waals surface area (Å²) >= 11 is 0. The Morgan fingerprint density at radius 2 is 1.70 bits per heavy atom. The number of pyridine rings is 1. The minimum atomic E-state index is -5.15. The number of benzene rings is 1. The summed E-state index contributed by atoms with van der Waals surface area (Å²) < 4.78 is 107. The molecule has 0 radical (unpaired) electrons. The molecular formula is C24H28F4N2O5S2. The van der Waals surface area contributed by atoms with Crippen LogP contribution in [0.3, 0.4) is 0 Å². The van der Waals surface area contributed by atoms with E-state index in [1.54, 1.807) is 0 Å². The van der Waals surface area contributed by atoms with Crippen molar-refractivity contribution in [3.05, 3.63) is 53.6 Å². The average molecular weight is 565 g/mol. The van der Waals surface area contributed by atoms with Gasteiger partial charge in [0.15, 0.2) is 30.3 Å². The van der Waals surface area contributed by atoms with Crippen molar-refractivity contribution in [1.82, 2.24) is 9.97 Å². The molecule has 3 rings (SSSR count). The van der Waals surface area contributed by atoms with Crippen molar-refractivity contribution < 1.29 is 39.5 Å². The van der Waals surface area contributed by atoms with Gasteiger partial charge in [-0.15, -0.1) is 0 Å². The number of rotatable bonds is 8. The van der Waals surface area contributed by atoms with Gasteiger partial charge in [-0.25, -0.2) is 26.2 Å². The molecule has 37 heavy (non-hydrogen) atoms. The van der Waals surface area contributed by atoms with Crippen LogP contribution in [-0.2, 0) is 31.5 Å². The zero-order valence-corrected chi connectivity index (χ0v) is 22.4. The molecule has 1 aromatic carbocycles. The molecule has 2 aromatic heterocycles. The van der Waals surface area contributed by atoms with Gasteiger partial charge in [0.1, 0.15) is 10.7 Å². The molecule has 0 aliphatic heterocycles. The van der Waals surface area contributed by atoms with E-state index < -0.39 is 65.7 Å². The highest BCUT2D eigenvalue weighted by Crippen LogP contribution is 2.44. The number of H-pyrrole nitrogens is 1. The summed E-state index contributed by atoms with van der Waals surface area (Å²) in [5.74, 6) is -1.10. The van der Waals surface area contributed by atoms with Crippen molar-refractivity contribution in [3.8, 4) is 0 Å². The number of hydrogen-bond acceptors (Lipinski definition) is 6. The number of fused-ring (bicyclic) bond motifs is 1. The van der Waals surface area contributed by atoms with E-state index in [2.05, 4.69) is 9.97 Å². The SMILES string of the molecule is CC(C)S(=O)(=O)c1cc2cc(CC(O)(CC(C)(C)c3cccc(F)c3S(C)(=O)=O)C(F)(F)F)[nH]c2cn1. The topological polar surface area (TPSA) is 117 Å². The first-order chi connectivity index (χ1) is 16.7. The fourth-order valence-electron chi connectivity index (χ4n) is 4.39. The van der Waals surface area contributed by atoms with Crippen LogP contribution in [0.1, 0.15) is 45.4 Å². The lowest BCUT2D eigenvalue weighted by atomic mass is 9.73. The summed E-state index contributed by atoms with van der Waals surface area (Å²) in [5.41, 5.74) is -4.95. The normalized spacial score (nSPS) is 15.3.